The predicted octanol–water partition coefficient (Wildman–Crippen LogP) is 3.08. The molecule has 1 aromatic heterocycles. The van der Waals surface area contributed by atoms with Crippen LogP contribution < -0.4 is 5.43 Å². The minimum atomic E-state index is -0.562. The number of halogens is 2. The maximum atomic E-state index is 12.6. The molecule has 2 aromatic rings. The number of nitrogens with zero attached hydrogens (tertiary/aromatic N) is 2. The summed E-state index contributed by atoms with van der Waals surface area (Å²) in [5, 5.41) is 10.8. The summed E-state index contributed by atoms with van der Waals surface area (Å²) in [6.45, 7) is 2.71. The second-order valence-electron chi connectivity index (χ2n) is 5.57. The lowest BCUT2D eigenvalue weighted by Gasteiger charge is -2.34. The van der Waals surface area contributed by atoms with Gasteiger partial charge < -0.3 is 14.6 Å². The maximum Gasteiger partial charge on any atom is 0.274 e. The Bertz CT molecular complexity index is 848. The molecule has 3 rings (SSSR count). The summed E-state index contributed by atoms with van der Waals surface area (Å²) in [4.78, 5) is 25.8. The number of carbonyl (C=O) groups excluding carboxylic acids is 1. The highest BCUT2D eigenvalue weighted by atomic mass is 35.5. The molecule has 1 amide bonds. The first kappa shape index (κ1) is 15.9. The molecular formula is C16H14Cl2N2O3. The minimum Gasteiger partial charge on any atom is -0.503 e. The van der Waals surface area contributed by atoms with E-state index in [-0.39, 0.29) is 17.6 Å². The first-order valence-electron chi connectivity index (χ1n) is 7.06. The zero-order chi connectivity index (χ0) is 16.7. The third kappa shape index (κ3) is 2.82. The highest BCUT2D eigenvalue weighted by molar-refractivity contribution is 6.42. The van der Waals surface area contributed by atoms with Gasteiger partial charge >= 0.3 is 0 Å². The average Bonchev–Trinajstić information content (AvgIpc) is 2.51. The second-order valence-corrected chi connectivity index (χ2v) is 6.38. The number of fused-ring (bicyclic) bond motifs is 1. The summed E-state index contributed by atoms with van der Waals surface area (Å²) in [7, 11) is 0. The minimum absolute atomic E-state index is 0.0244. The molecule has 0 radical (unpaired) electrons. The van der Waals surface area contributed by atoms with E-state index in [0.717, 1.165) is 5.56 Å². The van der Waals surface area contributed by atoms with Gasteiger partial charge in [-0.2, -0.15) is 0 Å². The molecule has 0 bridgehead atoms. The molecule has 1 aromatic carbocycles. The number of aromatic hydroxyl groups is 1. The van der Waals surface area contributed by atoms with Gasteiger partial charge in [0.2, 0.25) is 5.43 Å². The Morgan fingerprint density at radius 1 is 1.22 bits per heavy atom. The van der Waals surface area contributed by atoms with Crippen molar-refractivity contribution in [2.75, 3.05) is 6.54 Å². The van der Waals surface area contributed by atoms with Crippen molar-refractivity contribution in [1.82, 2.24) is 9.47 Å². The third-order valence-corrected chi connectivity index (χ3v) is 4.65. The topological polar surface area (TPSA) is 62.5 Å². The fourth-order valence-electron chi connectivity index (χ4n) is 2.75. The summed E-state index contributed by atoms with van der Waals surface area (Å²) in [6.07, 6.45) is 1.54. The van der Waals surface area contributed by atoms with Gasteiger partial charge in [0.25, 0.3) is 5.91 Å². The fraction of sp³-hybridized carbons (Fsp3) is 0.250. The third-order valence-electron chi connectivity index (χ3n) is 3.91. The smallest absolute Gasteiger partial charge is 0.274 e. The van der Waals surface area contributed by atoms with Crippen LogP contribution in [0.1, 0.15) is 29.0 Å². The monoisotopic (exact) mass is 352 g/mol. The molecule has 0 saturated heterocycles. The molecule has 1 atom stereocenters. The number of rotatable bonds is 2. The standard InChI is InChI=1S/C16H14Cl2N2O3/c1-9-7-19(8-10-2-3-11(17)12(18)6-10)16(23)14-15(22)13(21)4-5-20(9)14/h2-6,9,22H,7-8H2,1H3. The van der Waals surface area contributed by atoms with E-state index >= 15 is 0 Å². The van der Waals surface area contributed by atoms with E-state index in [9.17, 15) is 14.7 Å². The Labute approximate surface area is 142 Å². The summed E-state index contributed by atoms with van der Waals surface area (Å²) >= 11 is 11.9. The van der Waals surface area contributed by atoms with Crippen molar-refractivity contribution >= 4 is 29.1 Å². The van der Waals surface area contributed by atoms with E-state index in [1.807, 2.05) is 6.92 Å². The highest BCUT2D eigenvalue weighted by Gasteiger charge is 2.31. The quantitative estimate of drug-likeness (QED) is 0.903. The normalized spacial score (nSPS) is 17.3. The molecule has 0 saturated carbocycles. The second kappa shape index (κ2) is 5.91. The summed E-state index contributed by atoms with van der Waals surface area (Å²) < 4.78 is 1.63. The average molecular weight is 353 g/mol. The molecule has 7 heteroatoms. The molecule has 120 valence electrons. The van der Waals surface area contributed by atoms with Crippen LogP contribution in [0.2, 0.25) is 10.0 Å². The van der Waals surface area contributed by atoms with Crippen molar-refractivity contribution < 1.29 is 9.90 Å². The van der Waals surface area contributed by atoms with E-state index in [0.29, 0.717) is 23.1 Å². The molecule has 2 heterocycles. The molecular weight excluding hydrogens is 339 g/mol. The number of amides is 1. The molecule has 5 nitrogen and oxygen atoms in total. The Morgan fingerprint density at radius 2 is 1.96 bits per heavy atom. The van der Waals surface area contributed by atoms with Crippen LogP contribution in [0.15, 0.2) is 35.3 Å². The van der Waals surface area contributed by atoms with Crippen molar-refractivity contribution in [3.05, 3.63) is 62.0 Å². The van der Waals surface area contributed by atoms with E-state index in [2.05, 4.69) is 0 Å². The molecule has 0 aliphatic carbocycles. The number of aromatic nitrogens is 1. The van der Waals surface area contributed by atoms with Crippen LogP contribution in [0.3, 0.4) is 0 Å². The molecule has 23 heavy (non-hydrogen) atoms. The molecule has 1 aliphatic heterocycles. The van der Waals surface area contributed by atoms with Crippen molar-refractivity contribution in [2.45, 2.75) is 19.5 Å². The van der Waals surface area contributed by atoms with Gasteiger partial charge in [0, 0.05) is 31.4 Å². The number of carbonyl (C=O) groups is 1. The van der Waals surface area contributed by atoms with Crippen LogP contribution in [0.4, 0.5) is 0 Å². The lowest BCUT2D eigenvalue weighted by atomic mass is 10.1. The largest absolute Gasteiger partial charge is 0.503 e. The van der Waals surface area contributed by atoms with Crippen LogP contribution in [-0.2, 0) is 6.54 Å². The van der Waals surface area contributed by atoms with Gasteiger partial charge in [-0.1, -0.05) is 29.3 Å². The van der Waals surface area contributed by atoms with Crippen LogP contribution in [0.5, 0.6) is 5.75 Å². The van der Waals surface area contributed by atoms with Gasteiger partial charge in [-0.15, -0.1) is 0 Å². The summed E-state index contributed by atoms with van der Waals surface area (Å²) in [6, 6.07) is 6.37. The van der Waals surface area contributed by atoms with Gasteiger partial charge in [0.05, 0.1) is 10.0 Å². The molecule has 0 fully saturated rings. The van der Waals surface area contributed by atoms with Crippen LogP contribution in [0, 0.1) is 0 Å². The van der Waals surface area contributed by atoms with Crippen molar-refractivity contribution in [3.8, 4) is 5.75 Å². The van der Waals surface area contributed by atoms with E-state index in [1.54, 1.807) is 27.7 Å². The SMILES string of the molecule is CC1CN(Cc2ccc(Cl)c(Cl)c2)C(=O)c2c(O)c(=O)ccn21. The van der Waals surface area contributed by atoms with Gasteiger partial charge in [-0.3, -0.25) is 9.59 Å². The van der Waals surface area contributed by atoms with Crippen molar-refractivity contribution in [2.24, 2.45) is 0 Å². The van der Waals surface area contributed by atoms with E-state index in [1.165, 1.54) is 12.3 Å². The lowest BCUT2D eigenvalue weighted by Crippen LogP contribution is -2.42. The summed E-state index contributed by atoms with van der Waals surface area (Å²) in [5.74, 6) is -0.896. The number of benzene rings is 1. The first-order valence-corrected chi connectivity index (χ1v) is 7.81. The predicted molar refractivity (Wildman–Crippen MR) is 88.3 cm³/mol. The first-order chi connectivity index (χ1) is 10.9. The Balaban J connectivity index is 1.96. The molecule has 0 spiro atoms. The van der Waals surface area contributed by atoms with Gasteiger partial charge in [0.1, 0.15) is 0 Å². The molecule has 1 aliphatic rings. The zero-order valence-electron chi connectivity index (χ0n) is 12.3. The van der Waals surface area contributed by atoms with Crippen LogP contribution in [-0.4, -0.2) is 27.0 Å². The fourth-order valence-corrected chi connectivity index (χ4v) is 3.07. The van der Waals surface area contributed by atoms with E-state index in [4.69, 9.17) is 23.2 Å². The van der Waals surface area contributed by atoms with Gasteiger partial charge in [0.15, 0.2) is 11.4 Å². The maximum absolute atomic E-state index is 12.6. The number of pyridine rings is 1. The highest BCUT2D eigenvalue weighted by Crippen LogP contribution is 2.28. The van der Waals surface area contributed by atoms with Crippen LogP contribution in [0.25, 0.3) is 0 Å². The van der Waals surface area contributed by atoms with Gasteiger partial charge in [-0.25, -0.2) is 0 Å². The Hall–Kier alpha value is -1.98. The molecule has 1 N–H and O–H groups in total. The van der Waals surface area contributed by atoms with Crippen LogP contribution >= 0.6 is 23.2 Å². The number of hydrogen-bond donors (Lipinski definition) is 1. The van der Waals surface area contributed by atoms with E-state index < -0.39 is 11.2 Å². The van der Waals surface area contributed by atoms with Gasteiger partial charge in [-0.05, 0) is 24.6 Å². The number of hydrogen-bond acceptors (Lipinski definition) is 3. The summed E-state index contributed by atoms with van der Waals surface area (Å²) in [5.41, 5.74) is 0.288. The Morgan fingerprint density at radius 3 is 2.65 bits per heavy atom. The van der Waals surface area contributed by atoms with Crippen molar-refractivity contribution in [3.63, 3.8) is 0 Å². The molecule has 1 unspecified atom stereocenters. The lowest BCUT2D eigenvalue weighted by molar-refractivity contribution is 0.0653. The zero-order valence-corrected chi connectivity index (χ0v) is 13.8. The van der Waals surface area contributed by atoms with Crippen molar-refractivity contribution in [1.29, 1.82) is 0 Å². The Kier molecular flexibility index (Phi) is 4.08.